The molecule has 2 amide bonds. The summed E-state index contributed by atoms with van der Waals surface area (Å²) in [6.07, 6.45) is 0.818. The Morgan fingerprint density at radius 3 is 2.48 bits per heavy atom. The fourth-order valence-electron chi connectivity index (χ4n) is 3.10. The molecule has 0 saturated heterocycles. The van der Waals surface area contributed by atoms with E-state index in [1.165, 1.54) is 0 Å². The zero-order valence-corrected chi connectivity index (χ0v) is 15.1. The SMILES string of the molecule is O=C(Nc1ccc(Cl)cc1)c1cccc(C(=O)N2CCc3ccccc32)n1. The summed E-state index contributed by atoms with van der Waals surface area (Å²) in [7, 11) is 0. The number of hydrogen-bond acceptors (Lipinski definition) is 3. The number of carbonyl (C=O) groups is 2. The van der Waals surface area contributed by atoms with E-state index in [1.807, 2.05) is 24.3 Å². The highest BCUT2D eigenvalue weighted by Crippen LogP contribution is 2.28. The molecule has 0 radical (unpaired) electrons. The van der Waals surface area contributed by atoms with Gasteiger partial charge in [-0.05, 0) is 54.4 Å². The van der Waals surface area contributed by atoms with Crippen molar-refractivity contribution in [3.8, 4) is 0 Å². The van der Waals surface area contributed by atoms with Gasteiger partial charge in [-0.3, -0.25) is 9.59 Å². The lowest BCUT2D eigenvalue weighted by molar-refractivity contribution is 0.0984. The lowest BCUT2D eigenvalue weighted by Gasteiger charge is -2.17. The number of amides is 2. The van der Waals surface area contributed by atoms with Gasteiger partial charge in [0.05, 0.1) is 0 Å². The van der Waals surface area contributed by atoms with Crippen LogP contribution in [-0.4, -0.2) is 23.3 Å². The summed E-state index contributed by atoms with van der Waals surface area (Å²) in [5.41, 5.74) is 3.08. The van der Waals surface area contributed by atoms with Gasteiger partial charge in [-0.1, -0.05) is 35.9 Å². The number of aromatic nitrogens is 1. The van der Waals surface area contributed by atoms with Crippen molar-refractivity contribution in [2.75, 3.05) is 16.8 Å². The molecule has 0 saturated carbocycles. The first-order chi connectivity index (χ1) is 13.1. The molecule has 0 spiro atoms. The van der Waals surface area contributed by atoms with E-state index < -0.39 is 0 Å². The van der Waals surface area contributed by atoms with Crippen molar-refractivity contribution in [3.05, 3.63) is 88.7 Å². The molecule has 6 heteroatoms. The van der Waals surface area contributed by atoms with Gasteiger partial charge in [-0.15, -0.1) is 0 Å². The van der Waals surface area contributed by atoms with Gasteiger partial charge in [0.15, 0.2) is 0 Å². The summed E-state index contributed by atoms with van der Waals surface area (Å²) in [6.45, 7) is 0.612. The molecule has 5 nitrogen and oxygen atoms in total. The average molecular weight is 378 g/mol. The Bertz CT molecular complexity index is 1020. The fraction of sp³-hybridized carbons (Fsp3) is 0.0952. The van der Waals surface area contributed by atoms with E-state index in [2.05, 4.69) is 10.3 Å². The number of carbonyl (C=O) groups excluding carboxylic acids is 2. The van der Waals surface area contributed by atoms with Gasteiger partial charge in [0.25, 0.3) is 11.8 Å². The van der Waals surface area contributed by atoms with E-state index in [-0.39, 0.29) is 23.2 Å². The molecule has 1 aliphatic heterocycles. The van der Waals surface area contributed by atoms with Crippen LogP contribution in [0.1, 0.15) is 26.5 Å². The first-order valence-corrected chi connectivity index (χ1v) is 8.93. The minimum Gasteiger partial charge on any atom is -0.321 e. The number of pyridine rings is 1. The van der Waals surface area contributed by atoms with Crippen molar-refractivity contribution in [2.45, 2.75) is 6.42 Å². The van der Waals surface area contributed by atoms with Crippen LogP contribution in [-0.2, 0) is 6.42 Å². The minimum absolute atomic E-state index is 0.184. The number of fused-ring (bicyclic) bond motifs is 1. The molecule has 2 heterocycles. The van der Waals surface area contributed by atoms with Crippen LogP contribution >= 0.6 is 11.6 Å². The number of rotatable bonds is 3. The summed E-state index contributed by atoms with van der Waals surface area (Å²) in [5.74, 6) is -0.588. The topological polar surface area (TPSA) is 62.3 Å². The van der Waals surface area contributed by atoms with Crippen molar-refractivity contribution in [3.63, 3.8) is 0 Å². The molecule has 0 unspecified atom stereocenters. The minimum atomic E-state index is -0.381. The lowest BCUT2D eigenvalue weighted by Crippen LogP contribution is -2.30. The number of benzene rings is 2. The quantitative estimate of drug-likeness (QED) is 0.744. The Labute approximate surface area is 161 Å². The number of halogens is 1. The van der Waals surface area contributed by atoms with E-state index >= 15 is 0 Å². The van der Waals surface area contributed by atoms with Crippen molar-refractivity contribution in [1.82, 2.24) is 4.98 Å². The van der Waals surface area contributed by atoms with Crippen LogP contribution in [0.4, 0.5) is 11.4 Å². The van der Waals surface area contributed by atoms with E-state index in [1.54, 1.807) is 47.4 Å². The number of anilines is 2. The molecule has 27 heavy (non-hydrogen) atoms. The van der Waals surface area contributed by atoms with Crippen LogP contribution in [0.3, 0.4) is 0 Å². The summed E-state index contributed by atoms with van der Waals surface area (Å²) in [5, 5.41) is 3.34. The van der Waals surface area contributed by atoms with E-state index in [0.29, 0.717) is 17.3 Å². The van der Waals surface area contributed by atoms with Crippen molar-refractivity contribution < 1.29 is 9.59 Å². The van der Waals surface area contributed by atoms with Gasteiger partial charge in [-0.2, -0.15) is 0 Å². The largest absolute Gasteiger partial charge is 0.321 e. The van der Waals surface area contributed by atoms with Crippen LogP contribution in [0.25, 0.3) is 0 Å². The number of nitrogens with one attached hydrogen (secondary N) is 1. The third kappa shape index (κ3) is 3.55. The Hall–Kier alpha value is -3.18. The van der Waals surface area contributed by atoms with Crippen molar-refractivity contribution >= 4 is 34.8 Å². The predicted molar refractivity (Wildman–Crippen MR) is 105 cm³/mol. The second kappa shape index (κ2) is 7.21. The predicted octanol–water partition coefficient (Wildman–Crippen LogP) is 4.19. The third-order valence-electron chi connectivity index (χ3n) is 4.44. The summed E-state index contributed by atoms with van der Waals surface area (Å²) in [6, 6.07) is 19.5. The molecule has 2 aromatic carbocycles. The van der Waals surface area contributed by atoms with Gasteiger partial charge < -0.3 is 10.2 Å². The Morgan fingerprint density at radius 2 is 1.67 bits per heavy atom. The fourth-order valence-corrected chi connectivity index (χ4v) is 3.22. The Morgan fingerprint density at radius 1 is 0.926 bits per heavy atom. The molecule has 0 atom stereocenters. The second-order valence-electron chi connectivity index (χ2n) is 6.20. The Balaban J connectivity index is 1.55. The van der Waals surface area contributed by atoms with Gasteiger partial charge in [0.1, 0.15) is 11.4 Å². The third-order valence-corrected chi connectivity index (χ3v) is 4.69. The first-order valence-electron chi connectivity index (χ1n) is 8.55. The highest BCUT2D eigenvalue weighted by atomic mass is 35.5. The first kappa shape index (κ1) is 17.2. The highest BCUT2D eigenvalue weighted by molar-refractivity contribution is 6.30. The van der Waals surface area contributed by atoms with E-state index in [9.17, 15) is 9.59 Å². The number of para-hydroxylation sites is 1. The van der Waals surface area contributed by atoms with Crippen LogP contribution in [0.2, 0.25) is 5.02 Å². The molecule has 3 aromatic rings. The van der Waals surface area contributed by atoms with Gasteiger partial charge in [0.2, 0.25) is 0 Å². The summed E-state index contributed by atoms with van der Waals surface area (Å²) in [4.78, 5) is 31.3. The zero-order valence-electron chi connectivity index (χ0n) is 14.4. The molecule has 134 valence electrons. The molecular weight excluding hydrogens is 362 g/mol. The van der Waals surface area contributed by atoms with Crippen LogP contribution in [0, 0.1) is 0 Å². The van der Waals surface area contributed by atoms with Gasteiger partial charge >= 0.3 is 0 Å². The Kier molecular flexibility index (Phi) is 4.60. The normalized spacial score (nSPS) is 12.6. The smallest absolute Gasteiger partial charge is 0.276 e. The standard InChI is InChI=1S/C21H16ClN3O2/c22-15-8-10-16(11-9-15)23-20(26)17-5-3-6-18(24-17)21(27)25-13-12-14-4-1-2-7-19(14)25/h1-11H,12-13H2,(H,23,26). The average Bonchev–Trinajstić information content (AvgIpc) is 3.13. The molecular formula is C21H16ClN3O2. The van der Waals surface area contributed by atoms with Gasteiger partial charge in [-0.25, -0.2) is 4.98 Å². The number of nitrogens with zero attached hydrogens (tertiary/aromatic N) is 2. The van der Waals surface area contributed by atoms with E-state index in [4.69, 9.17) is 11.6 Å². The monoisotopic (exact) mass is 377 g/mol. The summed E-state index contributed by atoms with van der Waals surface area (Å²) >= 11 is 5.85. The molecule has 0 aliphatic carbocycles. The van der Waals surface area contributed by atoms with Gasteiger partial charge in [0, 0.05) is 22.9 Å². The lowest BCUT2D eigenvalue weighted by atomic mass is 10.2. The molecule has 0 bridgehead atoms. The van der Waals surface area contributed by atoms with Crippen LogP contribution in [0.5, 0.6) is 0 Å². The molecule has 1 aromatic heterocycles. The van der Waals surface area contributed by atoms with E-state index in [0.717, 1.165) is 17.7 Å². The maximum Gasteiger partial charge on any atom is 0.276 e. The highest BCUT2D eigenvalue weighted by Gasteiger charge is 2.26. The summed E-state index contributed by atoms with van der Waals surface area (Å²) < 4.78 is 0. The van der Waals surface area contributed by atoms with Crippen LogP contribution < -0.4 is 10.2 Å². The van der Waals surface area contributed by atoms with Crippen molar-refractivity contribution in [2.24, 2.45) is 0 Å². The second-order valence-corrected chi connectivity index (χ2v) is 6.64. The molecule has 1 aliphatic rings. The maximum absolute atomic E-state index is 12.9. The maximum atomic E-state index is 12.9. The zero-order chi connectivity index (χ0) is 18.8. The van der Waals surface area contributed by atoms with Crippen molar-refractivity contribution in [1.29, 1.82) is 0 Å². The van der Waals surface area contributed by atoms with Crippen LogP contribution in [0.15, 0.2) is 66.7 Å². The molecule has 0 fully saturated rings. The number of hydrogen-bond donors (Lipinski definition) is 1. The molecule has 1 N–H and O–H groups in total. The molecule has 4 rings (SSSR count).